The van der Waals surface area contributed by atoms with Gasteiger partial charge in [0.1, 0.15) is 0 Å². The van der Waals surface area contributed by atoms with Crippen LogP contribution in [0.2, 0.25) is 0 Å². The van der Waals surface area contributed by atoms with Crippen LogP contribution in [0.3, 0.4) is 0 Å². The summed E-state index contributed by atoms with van der Waals surface area (Å²) in [6, 6.07) is -2.51. The Bertz CT molecular complexity index is 928. The molecule has 0 unspecified atom stereocenters. The average Bonchev–Trinajstić information content (AvgIpc) is 2.66. The molecule has 5 aliphatic rings. The lowest BCUT2D eigenvalue weighted by molar-refractivity contribution is 0.00258. The van der Waals surface area contributed by atoms with Crippen LogP contribution in [-0.2, 0) is 6.42 Å². The first-order valence-electron chi connectivity index (χ1n) is 11.7. The Morgan fingerprint density at radius 1 is 1.27 bits per heavy atom. The highest BCUT2D eigenvalue weighted by atomic mass is 16.2. The van der Waals surface area contributed by atoms with E-state index < -0.39 is 30.2 Å². The van der Waals surface area contributed by atoms with Gasteiger partial charge in [-0.1, -0.05) is 12.1 Å². The molecule has 1 aromatic carbocycles. The summed E-state index contributed by atoms with van der Waals surface area (Å²) in [5, 5.41) is 0. The monoisotopic (exact) mass is 303 g/mol. The highest BCUT2D eigenvalue weighted by molar-refractivity contribution is 5.97. The summed E-state index contributed by atoms with van der Waals surface area (Å²) in [7, 11) is 0. The molecule has 1 amide bonds. The minimum Gasteiger partial charge on any atom is -0.333 e. The number of carbonyl (C=O) groups is 1. The molecule has 4 aliphatic heterocycles. The summed E-state index contributed by atoms with van der Waals surface area (Å²) in [6.45, 7) is -0.728. The Morgan fingerprint density at radius 2 is 2.14 bits per heavy atom. The Kier molecular flexibility index (Phi) is 1.74. The minimum absolute atomic E-state index is 0.0208. The number of rotatable bonds is 1. The zero-order valence-electron chi connectivity index (χ0n) is 19.5. The van der Waals surface area contributed by atoms with E-state index in [4.69, 9.17) is 8.22 Å². The molecule has 2 bridgehead atoms. The van der Waals surface area contributed by atoms with Crippen molar-refractivity contribution in [3.8, 4) is 0 Å². The topological polar surface area (TPSA) is 23.6 Å². The second-order valence-corrected chi connectivity index (χ2v) is 6.68. The minimum atomic E-state index is -2.18. The molecule has 3 heteroatoms. The highest BCUT2D eigenvalue weighted by Crippen LogP contribution is 2.41. The molecule has 116 valence electrons. The van der Waals surface area contributed by atoms with E-state index in [9.17, 15) is 6.17 Å². The normalized spacial score (nSPS) is 49.9. The number of nitrogens with zero attached hydrogens (tertiary/aromatic N) is 2. The summed E-state index contributed by atoms with van der Waals surface area (Å²) < 4.78 is 60.9. The summed E-state index contributed by atoms with van der Waals surface area (Å²) >= 11 is 0. The van der Waals surface area contributed by atoms with E-state index in [0.717, 1.165) is 4.90 Å². The van der Waals surface area contributed by atoms with Gasteiger partial charge in [0.05, 0.1) is 8.22 Å². The smallest absolute Gasteiger partial charge is 0.254 e. The lowest BCUT2D eigenvalue weighted by atomic mass is 9.75. The Hall–Kier alpha value is -1.35. The molecule has 0 spiro atoms. The van der Waals surface area contributed by atoms with Gasteiger partial charge in [-0.05, 0) is 68.3 Å². The Balaban J connectivity index is 1.76. The van der Waals surface area contributed by atoms with Crippen molar-refractivity contribution in [2.24, 2.45) is 5.89 Å². The van der Waals surface area contributed by atoms with Crippen LogP contribution in [0.4, 0.5) is 0 Å². The van der Waals surface area contributed by atoms with Crippen molar-refractivity contribution in [2.75, 3.05) is 26.1 Å². The van der Waals surface area contributed by atoms with Crippen molar-refractivity contribution in [3.05, 3.63) is 34.8 Å². The lowest BCUT2D eigenvalue weighted by Gasteiger charge is -2.51. The van der Waals surface area contributed by atoms with Crippen LogP contribution in [-0.4, -0.2) is 47.9 Å². The maximum atomic E-state index is 13.7. The van der Waals surface area contributed by atoms with Gasteiger partial charge >= 0.3 is 0 Å². The van der Waals surface area contributed by atoms with Crippen molar-refractivity contribution in [1.29, 1.82) is 0 Å². The van der Waals surface area contributed by atoms with E-state index >= 15 is 0 Å². The zero-order chi connectivity index (χ0) is 20.9. The van der Waals surface area contributed by atoms with Crippen molar-refractivity contribution < 1.29 is 14.4 Å². The molecule has 3 nitrogen and oxygen atoms in total. The van der Waals surface area contributed by atoms with Gasteiger partial charge < -0.3 is 9.80 Å². The predicted octanol–water partition coefficient (Wildman–Crippen LogP) is 2.66. The molecule has 0 radical (unpaired) electrons. The molecule has 4 heterocycles. The fraction of sp³-hybridized carbons (Fsp3) is 0.632. The summed E-state index contributed by atoms with van der Waals surface area (Å²) in [4.78, 5) is 16.6. The first kappa shape index (κ1) is 7.96. The van der Waals surface area contributed by atoms with Crippen LogP contribution in [0, 0.1) is 5.89 Å². The van der Waals surface area contributed by atoms with Crippen LogP contribution in [0.15, 0.2) is 18.1 Å². The number of carbonyl (C=O) groups excluding carboxylic acids is 1. The van der Waals surface area contributed by atoms with E-state index in [1.807, 2.05) is 4.90 Å². The number of amides is 1. The number of fused-ring (bicyclic) bond motifs is 3. The standard InChI is InChI=1S/C19H24N2O/c22-19-16-6-2-4-14-3-1-5-15(18(14)16)11-21(19)17-12-20-9-7-13(17)8-10-20/h2,4,6,13,15,17H,1,3,5,7-12H2/t15-,17-/m1/s1/i2D,4D,6D,11D2,13D,17D. The van der Waals surface area contributed by atoms with Crippen LogP contribution in [0.25, 0.3) is 0 Å². The summed E-state index contributed by atoms with van der Waals surface area (Å²) in [5.74, 6) is -2.77. The predicted molar refractivity (Wildman–Crippen MR) is 86.1 cm³/mol. The van der Waals surface area contributed by atoms with Gasteiger partial charge in [0.15, 0.2) is 0 Å². The Morgan fingerprint density at radius 3 is 2.95 bits per heavy atom. The molecule has 1 aliphatic carbocycles. The zero-order valence-corrected chi connectivity index (χ0v) is 12.5. The van der Waals surface area contributed by atoms with Crippen molar-refractivity contribution >= 4 is 5.91 Å². The third-order valence-corrected chi connectivity index (χ3v) is 5.48. The van der Waals surface area contributed by atoms with E-state index in [1.165, 1.54) is 0 Å². The molecular formula is C19H24N2O. The maximum absolute atomic E-state index is 13.7. The summed E-state index contributed by atoms with van der Waals surface area (Å²) in [6.07, 6.45) is 2.39. The van der Waals surface area contributed by atoms with Crippen LogP contribution in [0.5, 0.6) is 0 Å². The molecule has 3 saturated heterocycles. The number of hydrogen-bond donors (Lipinski definition) is 0. The fourth-order valence-electron chi connectivity index (χ4n) is 4.31. The van der Waals surface area contributed by atoms with Crippen LogP contribution >= 0.6 is 0 Å². The van der Waals surface area contributed by atoms with E-state index in [-0.39, 0.29) is 30.2 Å². The first-order chi connectivity index (χ1) is 13.5. The number of benzene rings is 1. The van der Waals surface area contributed by atoms with Crippen LogP contribution < -0.4 is 0 Å². The van der Waals surface area contributed by atoms with E-state index in [1.54, 1.807) is 0 Å². The van der Waals surface area contributed by atoms with Gasteiger partial charge in [-0.3, -0.25) is 4.79 Å². The summed E-state index contributed by atoms with van der Waals surface area (Å²) in [5.41, 5.74) is 0.882. The van der Waals surface area contributed by atoms with E-state index in [2.05, 4.69) is 0 Å². The van der Waals surface area contributed by atoms with Gasteiger partial charge in [-0.2, -0.15) is 0 Å². The van der Waals surface area contributed by atoms with Gasteiger partial charge in [-0.25, -0.2) is 0 Å². The number of hydrogen-bond acceptors (Lipinski definition) is 2. The van der Waals surface area contributed by atoms with Crippen molar-refractivity contribution in [1.82, 2.24) is 9.80 Å². The van der Waals surface area contributed by atoms with Gasteiger partial charge in [0.2, 0.25) is 0 Å². The van der Waals surface area contributed by atoms with Crippen molar-refractivity contribution in [2.45, 2.75) is 44.0 Å². The molecule has 0 N–H and O–H groups in total. The second-order valence-electron chi connectivity index (χ2n) is 6.68. The van der Waals surface area contributed by atoms with Crippen molar-refractivity contribution in [3.63, 3.8) is 0 Å². The molecule has 1 aromatic rings. The lowest BCUT2D eigenvalue weighted by Crippen LogP contribution is -2.60. The van der Waals surface area contributed by atoms with Crippen LogP contribution in [0.1, 0.15) is 62.7 Å². The average molecular weight is 303 g/mol. The molecular weight excluding hydrogens is 272 g/mol. The van der Waals surface area contributed by atoms with Gasteiger partial charge in [0, 0.05) is 31.9 Å². The quantitative estimate of drug-likeness (QED) is 0.796. The van der Waals surface area contributed by atoms with Gasteiger partial charge in [-0.15, -0.1) is 0 Å². The first-order valence-corrected chi connectivity index (χ1v) is 8.22. The number of piperidine rings is 3. The maximum Gasteiger partial charge on any atom is 0.254 e. The highest BCUT2D eigenvalue weighted by Gasteiger charge is 2.43. The SMILES string of the molecule is [2H]c1c([2H])c2c3c(c1[2H])C(=O)N([C@]1([2H])CN4CCC1([2H])CC4)C([2H])([2H])[C@H]3CCC2. The molecule has 0 saturated carbocycles. The molecule has 22 heavy (non-hydrogen) atoms. The van der Waals surface area contributed by atoms with E-state index in [0.29, 0.717) is 56.3 Å². The largest absolute Gasteiger partial charge is 0.333 e. The van der Waals surface area contributed by atoms with Gasteiger partial charge in [0.25, 0.3) is 5.91 Å². The molecule has 6 rings (SSSR count). The third-order valence-electron chi connectivity index (χ3n) is 5.48. The second kappa shape index (κ2) is 4.82. The molecule has 3 fully saturated rings. The third kappa shape index (κ3) is 1.81. The fourth-order valence-corrected chi connectivity index (χ4v) is 4.31. The molecule has 2 atom stereocenters. The Labute approximate surface area is 142 Å². The molecule has 0 aromatic heterocycles.